The normalized spacial score (nSPS) is 13.7. The van der Waals surface area contributed by atoms with Crippen molar-refractivity contribution in [2.45, 2.75) is 25.0 Å². The van der Waals surface area contributed by atoms with E-state index in [0.717, 1.165) is 11.1 Å². The molecule has 2 aromatic carbocycles. The monoisotopic (exact) mass is 308 g/mol. The van der Waals surface area contributed by atoms with Gasteiger partial charge < -0.3 is 15.2 Å². The van der Waals surface area contributed by atoms with E-state index >= 15 is 0 Å². The number of aromatic nitrogens is 2. The van der Waals surface area contributed by atoms with Crippen molar-refractivity contribution in [3.8, 4) is 0 Å². The summed E-state index contributed by atoms with van der Waals surface area (Å²) in [6.45, 7) is 0. The Morgan fingerprint density at radius 3 is 1.87 bits per heavy atom. The molecule has 0 spiro atoms. The fraction of sp³-hybridized carbons (Fsp3) is 0.211. The van der Waals surface area contributed by atoms with E-state index in [1.165, 1.54) is 0 Å². The molecule has 23 heavy (non-hydrogen) atoms. The Morgan fingerprint density at radius 1 is 0.783 bits per heavy atom. The minimum atomic E-state index is -0.713. The summed E-state index contributed by atoms with van der Waals surface area (Å²) < 4.78 is 0. The molecular formula is C19H20N2O2. The lowest BCUT2D eigenvalue weighted by Crippen LogP contribution is -2.06. The van der Waals surface area contributed by atoms with E-state index in [-0.39, 0.29) is 0 Å². The molecule has 0 unspecified atom stereocenters. The Hall–Kier alpha value is -2.43. The first kappa shape index (κ1) is 15.5. The second-order valence-corrected chi connectivity index (χ2v) is 5.63. The third kappa shape index (κ3) is 4.06. The highest BCUT2D eigenvalue weighted by Crippen LogP contribution is 2.20. The van der Waals surface area contributed by atoms with Crippen LogP contribution in [0.5, 0.6) is 0 Å². The Morgan fingerprint density at radius 2 is 1.30 bits per heavy atom. The molecule has 3 N–H and O–H groups in total. The fourth-order valence-corrected chi connectivity index (χ4v) is 2.57. The molecule has 0 bridgehead atoms. The third-order valence-electron chi connectivity index (χ3n) is 3.83. The molecule has 0 aliphatic rings. The SMILES string of the molecule is O[C@H](Cc1ccccc1)c1ncc([C@@H](O)Cc2ccccc2)[nH]1. The van der Waals surface area contributed by atoms with Crippen LogP contribution >= 0.6 is 0 Å². The van der Waals surface area contributed by atoms with Gasteiger partial charge in [-0.1, -0.05) is 60.7 Å². The summed E-state index contributed by atoms with van der Waals surface area (Å²) in [6.07, 6.45) is 1.22. The molecule has 1 aromatic heterocycles. The number of hydrogen-bond donors (Lipinski definition) is 3. The van der Waals surface area contributed by atoms with Gasteiger partial charge in [0, 0.05) is 12.8 Å². The summed E-state index contributed by atoms with van der Waals surface area (Å²) in [4.78, 5) is 7.25. The smallest absolute Gasteiger partial charge is 0.135 e. The molecule has 4 nitrogen and oxygen atoms in total. The number of nitrogens with zero attached hydrogens (tertiary/aromatic N) is 1. The van der Waals surface area contributed by atoms with Gasteiger partial charge in [0.25, 0.3) is 0 Å². The maximum Gasteiger partial charge on any atom is 0.135 e. The average molecular weight is 308 g/mol. The molecule has 1 heterocycles. The van der Waals surface area contributed by atoms with E-state index in [0.29, 0.717) is 24.4 Å². The number of H-pyrrole nitrogens is 1. The van der Waals surface area contributed by atoms with Crippen LogP contribution in [0.25, 0.3) is 0 Å². The van der Waals surface area contributed by atoms with Crippen LogP contribution in [0.4, 0.5) is 0 Å². The highest BCUT2D eigenvalue weighted by molar-refractivity contribution is 5.19. The van der Waals surface area contributed by atoms with Crippen LogP contribution in [0.15, 0.2) is 66.9 Å². The standard InChI is InChI=1S/C19H20N2O2/c22-17(11-14-7-3-1-4-8-14)16-13-20-19(21-16)18(23)12-15-9-5-2-6-10-15/h1-10,13,17-18,22-23H,11-12H2,(H,20,21)/t17-,18+/m0/s1. The van der Waals surface area contributed by atoms with Gasteiger partial charge in [-0.2, -0.15) is 0 Å². The fourth-order valence-electron chi connectivity index (χ4n) is 2.57. The molecule has 0 fully saturated rings. The topological polar surface area (TPSA) is 69.1 Å². The highest BCUT2D eigenvalue weighted by atomic mass is 16.3. The van der Waals surface area contributed by atoms with Crippen molar-refractivity contribution in [1.82, 2.24) is 9.97 Å². The van der Waals surface area contributed by atoms with Gasteiger partial charge in [-0.25, -0.2) is 4.98 Å². The summed E-state index contributed by atoms with van der Waals surface area (Å²) in [6, 6.07) is 19.6. The first-order valence-electron chi connectivity index (χ1n) is 7.71. The quantitative estimate of drug-likeness (QED) is 0.656. The average Bonchev–Trinajstić information content (AvgIpc) is 3.07. The molecular weight excluding hydrogens is 288 g/mol. The summed E-state index contributed by atoms with van der Waals surface area (Å²) >= 11 is 0. The summed E-state index contributed by atoms with van der Waals surface area (Å²) in [5.41, 5.74) is 2.72. The number of aliphatic hydroxyl groups excluding tert-OH is 2. The molecule has 0 aliphatic carbocycles. The first-order chi connectivity index (χ1) is 11.2. The first-order valence-corrected chi connectivity index (χ1v) is 7.71. The zero-order chi connectivity index (χ0) is 16.1. The molecule has 0 saturated heterocycles. The van der Waals surface area contributed by atoms with Crippen LogP contribution in [0.3, 0.4) is 0 Å². The number of nitrogens with one attached hydrogen (secondary N) is 1. The van der Waals surface area contributed by atoms with Crippen molar-refractivity contribution in [3.05, 3.63) is 89.5 Å². The zero-order valence-electron chi connectivity index (χ0n) is 12.8. The van der Waals surface area contributed by atoms with Crippen molar-refractivity contribution in [3.63, 3.8) is 0 Å². The van der Waals surface area contributed by atoms with Gasteiger partial charge in [0.1, 0.15) is 11.9 Å². The Labute approximate surface area is 135 Å². The van der Waals surface area contributed by atoms with Crippen LogP contribution in [-0.2, 0) is 12.8 Å². The molecule has 0 saturated carbocycles. The van der Waals surface area contributed by atoms with E-state index in [9.17, 15) is 10.2 Å². The molecule has 0 radical (unpaired) electrons. The van der Waals surface area contributed by atoms with Gasteiger partial charge in [0.2, 0.25) is 0 Å². The maximum absolute atomic E-state index is 10.3. The maximum atomic E-state index is 10.3. The van der Waals surface area contributed by atoms with Gasteiger partial charge in [0.15, 0.2) is 0 Å². The molecule has 4 heteroatoms. The Bertz CT molecular complexity index is 663. The summed E-state index contributed by atoms with van der Waals surface area (Å²) in [7, 11) is 0. The van der Waals surface area contributed by atoms with Gasteiger partial charge >= 0.3 is 0 Å². The number of aromatic amines is 1. The van der Waals surface area contributed by atoms with Crippen LogP contribution < -0.4 is 0 Å². The zero-order valence-corrected chi connectivity index (χ0v) is 12.8. The minimum Gasteiger partial charge on any atom is -0.386 e. The van der Waals surface area contributed by atoms with Crippen LogP contribution in [0.1, 0.15) is 34.9 Å². The third-order valence-corrected chi connectivity index (χ3v) is 3.83. The van der Waals surface area contributed by atoms with Crippen LogP contribution in [0.2, 0.25) is 0 Å². The number of hydrogen-bond acceptors (Lipinski definition) is 3. The van der Waals surface area contributed by atoms with Crippen LogP contribution in [-0.4, -0.2) is 20.2 Å². The van der Waals surface area contributed by atoms with Crippen molar-refractivity contribution < 1.29 is 10.2 Å². The van der Waals surface area contributed by atoms with E-state index in [1.54, 1.807) is 6.20 Å². The lowest BCUT2D eigenvalue weighted by molar-refractivity contribution is 0.163. The highest BCUT2D eigenvalue weighted by Gasteiger charge is 2.16. The predicted molar refractivity (Wildman–Crippen MR) is 88.8 cm³/mol. The molecule has 3 rings (SSSR count). The number of aliphatic hydroxyl groups is 2. The predicted octanol–water partition coefficient (Wildman–Crippen LogP) is 2.96. The van der Waals surface area contributed by atoms with Gasteiger partial charge in [-0.15, -0.1) is 0 Å². The molecule has 2 atom stereocenters. The van der Waals surface area contributed by atoms with Crippen LogP contribution in [0, 0.1) is 0 Å². The lowest BCUT2D eigenvalue weighted by Gasteiger charge is -2.10. The second kappa shape index (κ2) is 7.22. The van der Waals surface area contributed by atoms with E-state index < -0.39 is 12.2 Å². The van der Waals surface area contributed by atoms with Crippen molar-refractivity contribution in [2.75, 3.05) is 0 Å². The van der Waals surface area contributed by atoms with E-state index in [4.69, 9.17) is 0 Å². The molecule has 0 aliphatic heterocycles. The number of imidazole rings is 1. The number of rotatable bonds is 6. The van der Waals surface area contributed by atoms with Gasteiger partial charge in [-0.3, -0.25) is 0 Å². The minimum absolute atomic E-state index is 0.482. The van der Waals surface area contributed by atoms with E-state index in [1.807, 2.05) is 60.7 Å². The van der Waals surface area contributed by atoms with Gasteiger partial charge in [0.05, 0.1) is 18.0 Å². The Balaban J connectivity index is 1.65. The summed E-state index contributed by atoms with van der Waals surface area (Å²) in [5.74, 6) is 0.482. The molecule has 0 amide bonds. The second-order valence-electron chi connectivity index (χ2n) is 5.63. The molecule has 118 valence electrons. The molecule has 3 aromatic rings. The van der Waals surface area contributed by atoms with Crippen molar-refractivity contribution >= 4 is 0 Å². The largest absolute Gasteiger partial charge is 0.386 e. The van der Waals surface area contributed by atoms with Gasteiger partial charge in [-0.05, 0) is 11.1 Å². The van der Waals surface area contributed by atoms with Crippen molar-refractivity contribution in [1.29, 1.82) is 0 Å². The number of benzene rings is 2. The Kier molecular flexibility index (Phi) is 4.86. The lowest BCUT2D eigenvalue weighted by atomic mass is 10.1. The van der Waals surface area contributed by atoms with Crippen molar-refractivity contribution in [2.24, 2.45) is 0 Å². The summed E-state index contributed by atoms with van der Waals surface area (Å²) in [5, 5.41) is 20.6. The van der Waals surface area contributed by atoms with E-state index in [2.05, 4.69) is 9.97 Å².